The van der Waals surface area contributed by atoms with E-state index in [1.165, 1.54) is 24.3 Å². The summed E-state index contributed by atoms with van der Waals surface area (Å²) in [7, 11) is 0. The highest BCUT2D eigenvalue weighted by Crippen LogP contribution is 2.44. The van der Waals surface area contributed by atoms with Crippen molar-refractivity contribution in [2.45, 2.75) is 37.9 Å². The molecule has 41 heavy (non-hydrogen) atoms. The normalized spacial score (nSPS) is 24.4. The predicted molar refractivity (Wildman–Crippen MR) is 151 cm³/mol. The van der Waals surface area contributed by atoms with E-state index in [2.05, 4.69) is 35.5 Å². The maximum Gasteiger partial charge on any atom is 0.262 e. The zero-order valence-electron chi connectivity index (χ0n) is 23.5. The minimum Gasteiger partial charge on any atom is -0.487 e. The lowest BCUT2D eigenvalue weighted by Crippen LogP contribution is -2.57. The Bertz CT molecular complexity index is 1380. The number of piperazine rings is 2. The number of carbonyl (C=O) groups is 2. The van der Waals surface area contributed by atoms with E-state index >= 15 is 8.78 Å². The van der Waals surface area contributed by atoms with E-state index < -0.39 is 29.1 Å². The fourth-order valence-corrected chi connectivity index (χ4v) is 6.68. The van der Waals surface area contributed by atoms with Crippen molar-refractivity contribution in [2.75, 3.05) is 63.9 Å². The molecular weight excluding hydrogens is 530 g/mol. The Kier molecular flexibility index (Phi) is 7.19. The van der Waals surface area contributed by atoms with Gasteiger partial charge in [-0.1, -0.05) is 18.7 Å². The molecule has 3 saturated heterocycles. The van der Waals surface area contributed by atoms with Crippen molar-refractivity contribution >= 4 is 17.6 Å². The third kappa shape index (κ3) is 4.84. The van der Waals surface area contributed by atoms with Crippen molar-refractivity contribution in [2.24, 2.45) is 0 Å². The fourth-order valence-electron chi connectivity index (χ4n) is 6.68. The average Bonchev–Trinajstić information content (AvgIpc) is 3.22. The Morgan fingerprint density at radius 2 is 1.88 bits per heavy atom. The molecule has 4 aliphatic heterocycles. The van der Waals surface area contributed by atoms with Crippen molar-refractivity contribution in [3.8, 4) is 17.0 Å². The van der Waals surface area contributed by atoms with Crippen molar-refractivity contribution in [3.63, 3.8) is 0 Å². The molecule has 0 unspecified atom stereocenters. The van der Waals surface area contributed by atoms with E-state index in [0.29, 0.717) is 18.9 Å². The van der Waals surface area contributed by atoms with Gasteiger partial charge in [-0.05, 0) is 38.5 Å². The number of rotatable bonds is 4. The monoisotopic (exact) mass is 566 g/mol. The van der Waals surface area contributed by atoms with E-state index in [1.54, 1.807) is 15.9 Å². The molecule has 4 aliphatic rings. The molecule has 2 aromatic rings. The van der Waals surface area contributed by atoms with Gasteiger partial charge < -0.3 is 24.8 Å². The highest BCUT2D eigenvalue weighted by atomic mass is 19.1. The molecule has 3 fully saturated rings. The second-order valence-corrected chi connectivity index (χ2v) is 11.8. The van der Waals surface area contributed by atoms with Crippen molar-refractivity contribution in [3.05, 3.63) is 54.1 Å². The summed E-state index contributed by atoms with van der Waals surface area (Å²) in [5.41, 5.74) is -0.538. The van der Waals surface area contributed by atoms with Crippen LogP contribution < -0.4 is 15.0 Å². The molecule has 0 aliphatic carbocycles. The summed E-state index contributed by atoms with van der Waals surface area (Å²) in [6, 6.07) is 5.65. The van der Waals surface area contributed by atoms with E-state index in [9.17, 15) is 9.59 Å². The van der Waals surface area contributed by atoms with Gasteiger partial charge in [0.05, 0.1) is 6.04 Å². The van der Waals surface area contributed by atoms with Crippen LogP contribution in [0.2, 0.25) is 0 Å². The summed E-state index contributed by atoms with van der Waals surface area (Å²) in [6.07, 6.45) is 2.08. The summed E-state index contributed by atoms with van der Waals surface area (Å²) in [6.45, 7) is 12.8. The third-order valence-corrected chi connectivity index (χ3v) is 8.85. The van der Waals surface area contributed by atoms with Gasteiger partial charge >= 0.3 is 0 Å². The quantitative estimate of drug-likeness (QED) is 0.570. The van der Waals surface area contributed by atoms with Crippen LogP contribution in [0.25, 0.3) is 11.3 Å². The predicted octanol–water partition coefficient (Wildman–Crippen LogP) is 2.52. The van der Waals surface area contributed by atoms with Crippen LogP contribution in [-0.2, 0) is 4.79 Å². The van der Waals surface area contributed by atoms with Crippen LogP contribution >= 0.6 is 0 Å². The molecule has 5 heterocycles. The number of hydrogen-bond donors (Lipinski definition) is 1. The lowest BCUT2D eigenvalue weighted by atomic mass is 9.98. The van der Waals surface area contributed by atoms with Gasteiger partial charge in [-0.3, -0.25) is 14.5 Å². The Morgan fingerprint density at radius 3 is 2.61 bits per heavy atom. The minimum atomic E-state index is -0.864. The molecule has 2 atom stereocenters. The molecule has 6 rings (SSSR count). The molecule has 2 amide bonds. The van der Waals surface area contributed by atoms with E-state index in [1.807, 2.05) is 0 Å². The average molecular weight is 567 g/mol. The van der Waals surface area contributed by atoms with E-state index in [-0.39, 0.29) is 54.2 Å². The molecule has 11 heteroatoms. The Labute approximate surface area is 238 Å². The topological polar surface area (TPSA) is 81.3 Å². The van der Waals surface area contributed by atoms with Crippen molar-refractivity contribution in [1.82, 2.24) is 25.0 Å². The van der Waals surface area contributed by atoms with Crippen LogP contribution in [0.15, 0.2) is 36.9 Å². The SMILES string of the molecule is C=CC(=O)N1CCN2C(=O)c3c(N4C[C@@H](N5CCNCC5)CC4(C)C)nc(-c4ccccc4F)c(F)c3OC[C@H]2C1. The van der Waals surface area contributed by atoms with E-state index in [4.69, 9.17) is 9.72 Å². The number of ether oxygens (including phenoxy) is 1. The van der Waals surface area contributed by atoms with Gasteiger partial charge in [0, 0.05) is 69.5 Å². The zero-order chi connectivity index (χ0) is 28.9. The highest BCUT2D eigenvalue weighted by molar-refractivity contribution is 6.03. The number of halogens is 2. The van der Waals surface area contributed by atoms with Crippen LogP contribution in [0.3, 0.4) is 0 Å². The van der Waals surface area contributed by atoms with Gasteiger partial charge in [0.25, 0.3) is 5.91 Å². The lowest BCUT2D eigenvalue weighted by Gasteiger charge is -2.40. The van der Waals surface area contributed by atoms with Crippen LogP contribution in [0.5, 0.6) is 5.75 Å². The van der Waals surface area contributed by atoms with Gasteiger partial charge in [-0.15, -0.1) is 0 Å². The standard InChI is InChI=1S/C30H36F2N6O3/c1-4-23(39)36-13-14-37-20(16-36)18-41-27-24(29(37)40)28(34-26(25(27)32)21-7-5-6-8-22(21)31)38-17-19(15-30(38,2)3)35-11-9-33-10-12-35/h4-8,19-20,33H,1,9-18H2,2-3H3/t19-,20+/m0/s1. The number of anilines is 1. The first-order valence-electron chi connectivity index (χ1n) is 14.3. The molecule has 0 spiro atoms. The maximum atomic E-state index is 16.3. The third-order valence-electron chi connectivity index (χ3n) is 8.85. The molecule has 0 radical (unpaired) electrons. The molecule has 9 nitrogen and oxygen atoms in total. The number of amides is 2. The summed E-state index contributed by atoms with van der Waals surface area (Å²) in [5.74, 6) is -2.01. The van der Waals surface area contributed by atoms with Crippen LogP contribution in [0.1, 0.15) is 30.6 Å². The van der Waals surface area contributed by atoms with Crippen LogP contribution in [0.4, 0.5) is 14.6 Å². The van der Waals surface area contributed by atoms with Crippen molar-refractivity contribution in [1.29, 1.82) is 0 Å². The number of nitrogens with one attached hydrogen (secondary N) is 1. The molecule has 1 N–H and O–H groups in total. The van der Waals surface area contributed by atoms with Gasteiger partial charge in [0.1, 0.15) is 29.5 Å². The number of carbonyl (C=O) groups excluding carboxylic acids is 2. The first-order valence-corrected chi connectivity index (χ1v) is 14.3. The smallest absolute Gasteiger partial charge is 0.262 e. The summed E-state index contributed by atoms with van der Waals surface area (Å²) in [4.78, 5) is 39.1. The largest absolute Gasteiger partial charge is 0.487 e. The highest BCUT2D eigenvalue weighted by Gasteiger charge is 2.47. The van der Waals surface area contributed by atoms with Crippen LogP contribution in [0, 0.1) is 11.6 Å². The van der Waals surface area contributed by atoms with Crippen molar-refractivity contribution < 1.29 is 23.1 Å². The summed E-state index contributed by atoms with van der Waals surface area (Å²) >= 11 is 0. The number of fused-ring (bicyclic) bond motifs is 2. The fraction of sp³-hybridized carbons (Fsp3) is 0.500. The van der Waals surface area contributed by atoms with Gasteiger partial charge in [0.15, 0.2) is 11.6 Å². The first-order chi connectivity index (χ1) is 19.7. The number of aromatic nitrogens is 1. The van der Waals surface area contributed by atoms with E-state index in [0.717, 1.165) is 32.6 Å². The lowest BCUT2D eigenvalue weighted by molar-refractivity contribution is -0.128. The Morgan fingerprint density at radius 1 is 1.12 bits per heavy atom. The second kappa shape index (κ2) is 10.7. The molecular formula is C30H36F2N6O3. The zero-order valence-corrected chi connectivity index (χ0v) is 23.5. The molecule has 218 valence electrons. The molecule has 1 aromatic carbocycles. The van der Waals surface area contributed by atoms with Gasteiger partial charge in [-0.25, -0.2) is 13.8 Å². The summed E-state index contributed by atoms with van der Waals surface area (Å²) in [5, 5.41) is 3.39. The molecule has 0 bridgehead atoms. The molecule has 0 saturated carbocycles. The maximum absolute atomic E-state index is 16.3. The van der Waals surface area contributed by atoms with Gasteiger partial charge in [0.2, 0.25) is 5.91 Å². The molecule has 1 aromatic heterocycles. The van der Waals surface area contributed by atoms with Gasteiger partial charge in [-0.2, -0.15) is 0 Å². The Balaban J connectivity index is 1.47. The minimum absolute atomic E-state index is 0.00508. The summed E-state index contributed by atoms with van der Waals surface area (Å²) < 4.78 is 37.4. The number of hydrogen-bond acceptors (Lipinski definition) is 7. The number of benzene rings is 1. The second-order valence-electron chi connectivity index (χ2n) is 11.8. The number of pyridine rings is 1. The number of nitrogens with zero attached hydrogens (tertiary/aromatic N) is 5. The Hall–Kier alpha value is -3.57. The first kappa shape index (κ1) is 27.6. The van der Waals surface area contributed by atoms with Crippen LogP contribution in [-0.4, -0.2) is 108 Å².